The number of carbonyl (C=O) groups is 3. The van der Waals surface area contributed by atoms with E-state index in [-0.39, 0.29) is 22.3 Å². The quantitative estimate of drug-likeness (QED) is 0.151. The van der Waals surface area contributed by atoms with Gasteiger partial charge in [0.05, 0.1) is 23.3 Å². The van der Waals surface area contributed by atoms with E-state index >= 15 is 0 Å². The molecule has 1 aliphatic carbocycles. The van der Waals surface area contributed by atoms with Crippen LogP contribution in [0.3, 0.4) is 0 Å². The molecular weight excluding hydrogens is 556 g/mol. The van der Waals surface area contributed by atoms with Gasteiger partial charge in [-0.15, -0.1) is 0 Å². The number of ether oxygens (including phenoxy) is 2. The first-order chi connectivity index (χ1) is 19.8. The summed E-state index contributed by atoms with van der Waals surface area (Å²) >= 11 is 0. The van der Waals surface area contributed by atoms with E-state index in [2.05, 4.69) is 0 Å². The molecule has 8 N–H and O–H groups in total. The molecule has 1 heterocycles. The number of aromatic hydroxyl groups is 4. The van der Waals surface area contributed by atoms with E-state index in [1.165, 1.54) is 25.1 Å². The largest absolute Gasteiger partial charge is 0.507 e. The first-order valence-electron chi connectivity index (χ1n) is 12.6. The zero-order chi connectivity index (χ0) is 30.8. The molecule has 42 heavy (non-hydrogen) atoms. The Morgan fingerprint density at radius 2 is 1.50 bits per heavy atom. The van der Waals surface area contributed by atoms with E-state index < -0.39 is 106 Å². The van der Waals surface area contributed by atoms with Gasteiger partial charge in [-0.05, 0) is 31.5 Å². The number of hydrogen-bond donors (Lipinski definition) is 8. The summed E-state index contributed by atoms with van der Waals surface area (Å²) in [5.74, 6) is -5.75. The number of aryl methyl sites for hydroxylation is 1. The van der Waals surface area contributed by atoms with Gasteiger partial charge in [0.25, 0.3) is 0 Å². The SMILES string of the molecule is CC(=O)c1c(OC2OC(CO)C(O)C(O)C2O)cc(O)c(-c2c(C)cc(O)c3c2C(=O)c2cccc(O)c2C3=O)c1O. The van der Waals surface area contributed by atoms with Gasteiger partial charge in [0.2, 0.25) is 12.1 Å². The summed E-state index contributed by atoms with van der Waals surface area (Å²) in [5.41, 5.74) is -2.47. The Balaban J connectivity index is 1.71. The lowest BCUT2D eigenvalue weighted by atomic mass is 9.77. The van der Waals surface area contributed by atoms with E-state index in [9.17, 15) is 55.2 Å². The minimum absolute atomic E-state index is 0.124. The van der Waals surface area contributed by atoms with Crippen LogP contribution in [0, 0.1) is 6.92 Å². The minimum Gasteiger partial charge on any atom is -0.507 e. The van der Waals surface area contributed by atoms with Crippen molar-refractivity contribution in [1.82, 2.24) is 0 Å². The van der Waals surface area contributed by atoms with Crippen LogP contribution < -0.4 is 4.74 Å². The van der Waals surface area contributed by atoms with Crippen LogP contribution in [0.4, 0.5) is 0 Å². The van der Waals surface area contributed by atoms with Gasteiger partial charge in [0.15, 0.2) is 11.6 Å². The van der Waals surface area contributed by atoms with Gasteiger partial charge < -0.3 is 50.3 Å². The highest BCUT2D eigenvalue weighted by Gasteiger charge is 2.45. The molecule has 220 valence electrons. The number of fused-ring (bicyclic) bond motifs is 2. The molecule has 0 spiro atoms. The summed E-state index contributed by atoms with van der Waals surface area (Å²) in [7, 11) is 0. The molecule has 0 bridgehead atoms. The number of phenolic OH excluding ortho intramolecular Hbond substituents is 4. The highest BCUT2D eigenvalue weighted by Crippen LogP contribution is 2.50. The summed E-state index contributed by atoms with van der Waals surface area (Å²) in [6.45, 7) is 1.71. The zero-order valence-electron chi connectivity index (χ0n) is 22.1. The van der Waals surface area contributed by atoms with Crippen LogP contribution in [-0.4, -0.2) is 95.5 Å². The number of ketones is 3. The van der Waals surface area contributed by atoms with Crippen LogP contribution in [0.1, 0.15) is 54.7 Å². The molecule has 13 heteroatoms. The van der Waals surface area contributed by atoms with Crippen LogP contribution >= 0.6 is 0 Å². The van der Waals surface area contributed by atoms with Crippen molar-refractivity contribution in [2.45, 2.75) is 44.6 Å². The molecule has 1 fully saturated rings. The van der Waals surface area contributed by atoms with Crippen molar-refractivity contribution in [3.63, 3.8) is 0 Å². The normalized spacial score (nSPS) is 23.3. The van der Waals surface area contributed by atoms with Crippen molar-refractivity contribution in [2.75, 3.05) is 6.61 Å². The summed E-state index contributed by atoms with van der Waals surface area (Å²) in [4.78, 5) is 39.8. The third kappa shape index (κ3) is 4.26. The lowest BCUT2D eigenvalue weighted by molar-refractivity contribution is -0.277. The standard InChI is InChI=1S/C29H26O13/c1-9-6-13(33)21-22(23(35)11-4-3-5-12(32)19(11)26(21)38)17(9)20-14(34)7-15(18(10(2)31)25(20)37)41-29-28(40)27(39)24(36)16(8-30)42-29/h3-7,16,24,27-30,32-34,36-37,39-40H,8H2,1-2H3. The smallest absolute Gasteiger partial charge is 0.229 e. The van der Waals surface area contributed by atoms with Crippen molar-refractivity contribution in [3.8, 4) is 39.9 Å². The molecule has 1 aliphatic heterocycles. The molecule has 0 saturated carbocycles. The van der Waals surface area contributed by atoms with Gasteiger partial charge in [-0.2, -0.15) is 0 Å². The molecule has 0 aromatic heterocycles. The second kappa shape index (κ2) is 10.4. The molecule has 3 aromatic carbocycles. The van der Waals surface area contributed by atoms with Crippen LogP contribution in [0.2, 0.25) is 0 Å². The van der Waals surface area contributed by atoms with Crippen LogP contribution in [0.15, 0.2) is 30.3 Å². The topological polar surface area (TPSA) is 232 Å². The predicted octanol–water partition coefficient (Wildman–Crippen LogP) is 0.641. The fourth-order valence-corrected chi connectivity index (χ4v) is 5.41. The summed E-state index contributed by atoms with van der Waals surface area (Å²) in [5, 5.41) is 83.4. The summed E-state index contributed by atoms with van der Waals surface area (Å²) in [6.07, 6.45) is -8.52. The maximum atomic E-state index is 13.7. The van der Waals surface area contributed by atoms with Gasteiger partial charge in [-0.3, -0.25) is 14.4 Å². The van der Waals surface area contributed by atoms with E-state index in [0.717, 1.165) is 19.1 Å². The molecule has 5 atom stereocenters. The van der Waals surface area contributed by atoms with Crippen LogP contribution in [0.5, 0.6) is 28.7 Å². The molecular formula is C29H26O13. The van der Waals surface area contributed by atoms with E-state index in [0.29, 0.717) is 0 Å². The average Bonchev–Trinajstić information content (AvgIpc) is 2.92. The Kier molecular flexibility index (Phi) is 7.17. The average molecular weight is 583 g/mol. The van der Waals surface area contributed by atoms with Crippen molar-refractivity contribution in [1.29, 1.82) is 0 Å². The lowest BCUT2D eigenvalue weighted by Crippen LogP contribution is -2.60. The Morgan fingerprint density at radius 3 is 2.14 bits per heavy atom. The van der Waals surface area contributed by atoms with Gasteiger partial charge in [0, 0.05) is 22.8 Å². The number of carbonyl (C=O) groups excluding carboxylic acids is 3. The van der Waals surface area contributed by atoms with Crippen molar-refractivity contribution in [3.05, 3.63) is 63.7 Å². The molecule has 13 nitrogen and oxygen atoms in total. The van der Waals surface area contributed by atoms with E-state index in [1.54, 1.807) is 0 Å². The van der Waals surface area contributed by atoms with Gasteiger partial charge in [-0.1, -0.05) is 12.1 Å². The monoisotopic (exact) mass is 582 g/mol. The number of aliphatic hydroxyl groups excluding tert-OH is 4. The van der Waals surface area contributed by atoms with Crippen LogP contribution in [0.25, 0.3) is 11.1 Å². The molecule has 3 aromatic rings. The zero-order valence-corrected chi connectivity index (χ0v) is 22.1. The fourth-order valence-electron chi connectivity index (χ4n) is 5.41. The molecule has 5 rings (SSSR count). The van der Waals surface area contributed by atoms with E-state index in [4.69, 9.17) is 9.47 Å². The summed E-state index contributed by atoms with van der Waals surface area (Å²) in [6, 6.07) is 5.83. The highest BCUT2D eigenvalue weighted by molar-refractivity contribution is 6.32. The number of phenols is 4. The number of rotatable bonds is 5. The third-order valence-corrected chi connectivity index (χ3v) is 7.41. The number of benzene rings is 3. The Morgan fingerprint density at radius 1 is 0.833 bits per heavy atom. The number of hydrogen-bond acceptors (Lipinski definition) is 13. The lowest BCUT2D eigenvalue weighted by Gasteiger charge is -2.39. The second-order valence-corrected chi connectivity index (χ2v) is 10.1. The maximum absolute atomic E-state index is 13.7. The van der Waals surface area contributed by atoms with E-state index in [1.807, 2.05) is 0 Å². The minimum atomic E-state index is -1.88. The Bertz CT molecular complexity index is 1660. The maximum Gasteiger partial charge on any atom is 0.229 e. The molecule has 0 radical (unpaired) electrons. The van der Waals surface area contributed by atoms with Crippen molar-refractivity contribution in [2.24, 2.45) is 0 Å². The van der Waals surface area contributed by atoms with Gasteiger partial charge in [0.1, 0.15) is 58.7 Å². The molecule has 5 unspecified atom stereocenters. The number of aliphatic hydroxyl groups is 4. The van der Waals surface area contributed by atoms with Gasteiger partial charge in [-0.25, -0.2) is 0 Å². The molecule has 1 saturated heterocycles. The van der Waals surface area contributed by atoms with Gasteiger partial charge >= 0.3 is 0 Å². The summed E-state index contributed by atoms with van der Waals surface area (Å²) < 4.78 is 10.8. The highest BCUT2D eigenvalue weighted by atomic mass is 16.7. The Hall–Kier alpha value is -4.53. The third-order valence-electron chi connectivity index (χ3n) is 7.41. The molecule has 2 aliphatic rings. The number of Topliss-reactive ketones (excluding diaryl/α,β-unsaturated/α-hetero) is 1. The van der Waals surface area contributed by atoms with Crippen molar-refractivity contribution < 1.29 is 64.7 Å². The first-order valence-corrected chi connectivity index (χ1v) is 12.6. The first kappa shape index (κ1) is 29.0. The fraction of sp³-hybridized carbons (Fsp3) is 0.276. The van der Waals surface area contributed by atoms with Crippen LogP contribution in [-0.2, 0) is 4.74 Å². The predicted molar refractivity (Wildman–Crippen MR) is 141 cm³/mol. The van der Waals surface area contributed by atoms with Crippen molar-refractivity contribution >= 4 is 17.3 Å². The Labute approximate surface area is 237 Å². The molecule has 0 amide bonds. The second-order valence-electron chi connectivity index (χ2n) is 10.1.